The minimum Gasteiger partial charge on any atom is -0.361 e. The van der Waals surface area contributed by atoms with Gasteiger partial charge in [0.05, 0.1) is 17.3 Å². The zero-order valence-electron chi connectivity index (χ0n) is 11.4. The van der Waals surface area contributed by atoms with E-state index in [0.29, 0.717) is 11.6 Å². The van der Waals surface area contributed by atoms with Crippen LogP contribution < -0.4 is 10.2 Å². The van der Waals surface area contributed by atoms with Gasteiger partial charge in [0.1, 0.15) is 0 Å². The molecule has 0 saturated carbocycles. The summed E-state index contributed by atoms with van der Waals surface area (Å²) in [7, 11) is 3.76. The third-order valence-corrected chi connectivity index (χ3v) is 3.73. The summed E-state index contributed by atoms with van der Waals surface area (Å²) in [4.78, 5) is 15.9. The Bertz CT molecular complexity index is 464. The van der Waals surface area contributed by atoms with Crippen LogP contribution in [0.4, 0.5) is 5.69 Å². The van der Waals surface area contributed by atoms with E-state index in [4.69, 9.17) is 11.6 Å². The fourth-order valence-corrected chi connectivity index (χ4v) is 2.74. The van der Waals surface area contributed by atoms with Crippen molar-refractivity contribution in [1.82, 2.24) is 10.2 Å². The SMILES string of the molecule is CNCc1cccc(Cl)c1N1CCCN(C)C(=O)C1. The van der Waals surface area contributed by atoms with Crippen molar-refractivity contribution < 1.29 is 4.79 Å². The average molecular weight is 282 g/mol. The number of hydrogen-bond donors (Lipinski definition) is 1. The van der Waals surface area contributed by atoms with E-state index in [1.807, 2.05) is 26.2 Å². The molecule has 0 spiro atoms. The summed E-state index contributed by atoms with van der Waals surface area (Å²) in [6.07, 6.45) is 0.965. The van der Waals surface area contributed by atoms with Crippen LogP contribution in [0.15, 0.2) is 18.2 Å². The lowest BCUT2D eigenvalue weighted by Gasteiger charge is -2.26. The Labute approximate surface area is 119 Å². The Morgan fingerprint density at radius 1 is 1.37 bits per heavy atom. The number of amides is 1. The number of carbonyl (C=O) groups excluding carboxylic acids is 1. The van der Waals surface area contributed by atoms with Gasteiger partial charge in [0.25, 0.3) is 0 Å². The molecule has 0 aromatic heterocycles. The summed E-state index contributed by atoms with van der Waals surface area (Å²) >= 11 is 6.34. The summed E-state index contributed by atoms with van der Waals surface area (Å²) in [6, 6.07) is 5.89. The fraction of sp³-hybridized carbons (Fsp3) is 0.500. The van der Waals surface area contributed by atoms with Gasteiger partial charge in [0.15, 0.2) is 0 Å². The van der Waals surface area contributed by atoms with Gasteiger partial charge in [-0.05, 0) is 25.1 Å². The van der Waals surface area contributed by atoms with Crippen molar-refractivity contribution in [1.29, 1.82) is 0 Å². The van der Waals surface area contributed by atoms with Crippen molar-refractivity contribution >= 4 is 23.2 Å². The van der Waals surface area contributed by atoms with Gasteiger partial charge in [-0.15, -0.1) is 0 Å². The van der Waals surface area contributed by atoms with Crippen LogP contribution in [-0.2, 0) is 11.3 Å². The van der Waals surface area contributed by atoms with Crippen LogP contribution in [0.2, 0.25) is 5.02 Å². The molecule has 1 aromatic carbocycles. The van der Waals surface area contributed by atoms with E-state index < -0.39 is 0 Å². The molecule has 1 aliphatic rings. The highest BCUT2D eigenvalue weighted by Gasteiger charge is 2.22. The number of benzene rings is 1. The second-order valence-corrected chi connectivity index (χ2v) is 5.28. The summed E-state index contributed by atoms with van der Waals surface area (Å²) in [5.41, 5.74) is 2.12. The van der Waals surface area contributed by atoms with Crippen molar-refractivity contribution in [2.45, 2.75) is 13.0 Å². The number of likely N-dealkylation sites (N-methyl/N-ethyl adjacent to an activating group) is 1. The summed E-state index contributed by atoms with van der Waals surface area (Å²) in [5, 5.41) is 3.86. The molecule has 1 aliphatic heterocycles. The van der Waals surface area contributed by atoms with Crippen LogP contribution in [-0.4, -0.2) is 44.5 Å². The van der Waals surface area contributed by atoms with Gasteiger partial charge in [0, 0.05) is 26.7 Å². The van der Waals surface area contributed by atoms with E-state index >= 15 is 0 Å². The molecule has 1 fully saturated rings. The fourth-order valence-electron chi connectivity index (χ4n) is 2.42. The molecule has 0 bridgehead atoms. The number of halogens is 1. The molecule has 1 saturated heterocycles. The molecule has 0 radical (unpaired) electrons. The molecule has 5 heteroatoms. The maximum absolute atomic E-state index is 12.0. The van der Waals surface area contributed by atoms with Gasteiger partial charge in [-0.2, -0.15) is 0 Å². The lowest BCUT2D eigenvalue weighted by atomic mass is 10.1. The van der Waals surface area contributed by atoms with E-state index in [1.165, 1.54) is 0 Å². The third-order valence-electron chi connectivity index (χ3n) is 3.43. The minimum atomic E-state index is 0.146. The molecule has 1 N–H and O–H groups in total. The van der Waals surface area contributed by atoms with Gasteiger partial charge in [-0.1, -0.05) is 23.7 Å². The zero-order chi connectivity index (χ0) is 13.8. The maximum Gasteiger partial charge on any atom is 0.241 e. The van der Waals surface area contributed by atoms with Crippen LogP contribution in [0, 0.1) is 0 Å². The minimum absolute atomic E-state index is 0.146. The molecule has 0 aliphatic carbocycles. The smallest absolute Gasteiger partial charge is 0.241 e. The normalized spacial score (nSPS) is 16.7. The Morgan fingerprint density at radius 2 is 2.16 bits per heavy atom. The third kappa shape index (κ3) is 3.19. The Morgan fingerprint density at radius 3 is 2.89 bits per heavy atom. The van der Waals surface area contributed by atoms with Gasteiger partial charge >= 0.3 is 0 Å². The number of anilines is 1. The molecule has 0 unspecified atom stereocenters. The number of carbonyl (C=O) groups is 1. The number of nitrogens with zero attached hydrogens (tertiary/aromatic N) is 2. The van der Waals surface area contributed by atoms with Crippen LogP contribution in [0.25, 0.3) is 0 Å². The average Bonchev–Trinajstić information content (AvgIpc) is 2.53. The monoisotopic (exact) mass is 281 g/mol. The number of para-hydroxylation sites is 1. The van der Waals surface area contributed by atoms with E-state index in [9.17, 15) is 4.79 Å². The van der Waals surface area contributed by atoms with Crippen LogP contribution in [0.1, 0.15) is 12.0 Å². The van der Waals surface area contributed by atoms with Gasteiger partial charge in [0.2, 0.25) is 5.91 Å². The number of rotatable bonds is 3. The Kier molecular flexibility index (Phi) is 4.66. The molecular formula is C14H20ClN3O. The van der Waals surface area contributed by atoms with Crippen LogP contribution >= 0.6 is 11.6 Å². The first kappa shape index (κ1) is 14.2. The lowest BCUT2D eigenvalue weighted by molar-refractivity contribution is -0.127. The van der Waals surface area contributed by atoms with Crippen molar-refractivity contribution in [2.75, 3.05) is 38.6 Å². The highest BCUT2D eigenvalue weighted by Crippen LogP contribution is 2.30. The van der Waals surface area contributed by atoms with Crippen molar-refractivity contribution in [3.8, 4) is 0 Å². The summed E-state index contributed by atoms with van der Waals surface area (Å²) in [6.45, 7) is 2.81. The van der Waals surface area contributed by atoms with Gasteiger partial charge in [-0.25, -0.2) is 0 Å². The second-order valence-electron chi connectivity index (χ2n) is 4.87. The molecule has 19 heavy (non-hydrogen) atoms. The highest BCUT2D eigenvalue weighted by molar-refractivity contribution is 6.33. The van der Waals surface area contributed by atoms with Crippen LogP contribution in [0.5, 0.6) is 0 Å². The van der Waals surface area contributed by atoms with Crippen molar-refractivity contribution in [3.05, 3.63) is 28.8 Å². The molecular weight excluding hydrogens is 262 g/mol. The standard InChI is InChI=1S/C14H20ClN3O/c1-16-9-11-5-3-6-12(15)14(11)18-8-4-7-17(2)13(19)10-18/h3,5-6,16H,4,7-10H2,1-2H3. The topological polar surface area (TPSA) is 35.6 Å². The second kappa shape index (κ2) is 6.26. The summed E-state index contributed by atoms with van der Waals surface area (Å²) < 4.78 is 0. The quantitative estimate of drug-likeness (QED) is 0.917. The van der Waals surface area contributed by atoms with Gasteiger partial charge in [-0.3, -0.25) is 4.79 Å². The summed E-state index contributed by atoms with van der Waals surface area (Å²) in [5.74, 6) is 0.146. The van der Waals surface area contributed by atoms with Crippen molar-refractivity contribution in [3.63, 3.8) is 0 Å². The molecule has 0 atom stereocenters. The number of hydrogen-bond acceptors (Lipinski definition) is 3. The first-order chi connectivity index (χ1) is 9.13. The molecule has 1 aromatic rings. The van der Waals surface area contributed by atoms with Crippen LogP contribution in [0.3, 0.4) is 0 Å². The molecule has 4 nitrogen and oxygen atoms in total. The zero-order valence-corrected chi connectivity index (χ0v) is 12.2. The van der Waals surface area contributed by atoms with Crippen molar-refractivity contribution in [2.24, 2.45) is 0 Å². The maximum atomic E-state index is 12.0. The van der Waals surface area contributed by atoms with E-state index in [1.54, 1.807) is 4.90 Å². The first-order valence-electron chi connectivity index (χ1n) is 6.54. The first-order valence-corrected chi connectivity index (χ1v) is 6.92. The Balaban J connectivity index is 2.32. The van der Waals surface area contributed by atoms with E-state index in [-0.39, 0.29) is 5.91 Å². The number of nitrogens with one attached hydrogen (secondary N) is 1. The predicted octanol–water partition coefficient (Wildman–Crippen LogP) is 1.73. The van der Waals surface area contributed by atoms with E-state index in [2.05, 4.69) is 16.3 Å². The lowest BCUT2D eigenvalue weighted by Crippen LogP contribution is -2.35. The molecule has 2 rings (SSSR count). The highest BCUT2D eigenvalue weighted by atomic mass is 35.5. The molecule has 1 heterocycles. The van der Waals surface area contributed by atoms with E-state index in [0.717, 1.165) is 37.3 Å². The van der Waals surface area contributed by atoms with Gasteiger partial charge < -0.3 is 15.1 Å². The largest absolute Gasteiger partial charge is 0.361 e. The predicted molar refractivity (Wildman–Crippen MR) is 78.7 cm³/mol. The Hall–Kier alpha value is -1.26. The molecule has 104 valence electrons. The molecule has 1 amide bonds.